The number of anilines is 1. The lowest BCUT2D eigenvalue weighted by molar-refractivity contribution is 0.723. The van der Waals surface area contributed by atoms with Crippen LogP contribution in [-0.4, -0.2) is 13.6 Å². The number of nitrogens with zero attached hydrogens (tertiary/aromatic N) is 1. The van der Waals surface area contributed by atoms with Crippen LogP contribution in [0.4, 0.5) is 5.69 Å². The minimum Gasteiger partial charge on any atom is -0.370 e. The van der Waals surface area contributed by atoms with Crippen molar-refractivity contribution in [3.8, 4) is 0 Å². The topological polar surface area (TPSA) is 15.3 Å². The van der Waals surface area contributed by atoms with Gasteiger partial charge in [-0.25, -0.2) is 0 Å². The number of rotatable bonds is 6. The molecule has 2 aromatic carbocycles. The quantitative estimate of drug-likeness (QED) is 0.861. The molecule has 0 unspecified atom stereocenters. The van der Waals surface area contributed by atoms with Gasteiger partial charge < -0.3 is 10.2 Å². The fourth-order valence-electron chi connectivity index (χ4n) is 2.26. The fraction of sp³-hybridized carbons (Fsp3) is 0.294. The third kappa shape index (κ3) is 3.75. The van der Waals surface area contributed by atoms with Gasteiger partial charge in [-0.3, -0.25) is 0 Å². The lowest BCUT2D eigenvalue weighted by Crippen LogP contribution is -2.20. The van der Waals surface area contributed by atoms with Crippen molar-refractivity contribution in [2.75, 3.05) is 18.5 Å². The molecule has 0 spiro atoms. The van der Waals surface area contributed by atoms with Crippen LogP contribution in [0.1, 0.15) is 18.1 Å². The van der Waals surface area contributed by atoms with Gasteiger partial charge in [-0.2, -0.15) is 0 Å². The zero-order chi connectivity index (χ0) is 14.4. The first-order valence-corrected chi connectivity index (χ1v) is 7.33. The van der Waals surface area contributed by atoms with E-state index in [1.54, 1.807) is 0 Å². The van der Waals surface area contributed by atoms with Crippen LogP contribution in [0.5, 0.6) is 0 Å². The molecule has 2 aromatic rings. The number of benzene rings is 2. The minimum absolute atomic E-state index is 0.808. The van der Waals surface area contributed by atoms with Crippen LogP contribution in [0.25, 0.3) is 0 Å². The van der Waals surface area contributed by atoms with Crippen molar-refractivity contribution in [3.05, 3.63) is 64.7 Å². The molecular formula is C17H21ClN2. The van der Waals surface area contributed by atoms with E-state index >= 15 is 0 Å². The Labute approximate surface area is 126 Å². The number of hydrogen-bond donors (Lipinski definition) is 1. The van der Waals surface area contributed by atoms with Crippen LogP contribution in [0, 0.1) is 0 Å². The van der Waals surface area contributed by atoms with Crippen LogP contribution in [-0.2, 0) is 13.1 Å². The molecule has 0 heterocycles. The molecule has 0 aromatic heterocycles. The third-order valence-electron chi connectivity index (χ3n) is 3.33. The monoisotopic (exact) mass is 288 g/mol. The zero-order valence-corrected chi connectivity index (χ0v) is 12.8. The van der Waals surface area contributed by atoms with Crippen LogP contribution in [0.15, 0.2) is 48.5 Å². The van der Waals surface area contributed by atoms with E-state index in [4.69, 9.17) is 11.6 Å². The Morgan fingerprint density at radius 1 is 1.00 bits per heavy atom. The fourth-order valence-corrected chi connectivity index (χ4v) is 2.46. The van der Waals surface area contributed by atoms with Gasteiger partial charge >= 0.3 is 0 Å². The lowest BCUT2D eigenvalue weighted by Gasteiger charge is -2.23. The summed E-state index contributed by atoms with van der Waals surface area (Å²) < 4.78 is 0. The molecule has 0 atom stereocenters. The third-order valence-corrected chi connectivity index (χ3v) is 3.70. The molecule has 0 amide bonds. The Kier molecular flexibility index (Phi) is 5.45. The maximum absolute atomic E-state index is 6.24. The van der Waals surface area contributed by atoms with Gasteiger partial charge in [0.05, 0.1) is 0 Å². The van der Waals surface area contributed by atoms with Gasteiger partial charge in [-0.15, -0.1) is 0 Å². The summed E-state index contributed by atoms with van der Waals surface area (Å²) in [4.78, 5) is 2.24. The van der Waals surface area contributed by atoms with E-state index in [0.717, 1.165) is 30.2 Å². The maximum atomic E-state index is 6.24. The van der Waals surface area contributed by atoms with Crippen molar-refractivity contribution in [2.45, 2.75) is 20.0 Å². The summed E-state index contributed by atoms with van der Waals surface area (Å²) >= 11 is 6.24. The summed E-state index contributed by atoms with van der Waals surface area (Å²) in [6.45, 7) is 4.79. The zero-order valence-electron chi connectivity index (χ0n) is 12.1. The first kappa shape index (κ1) is 14.9. The maximum Gasteiger partial charge on any atom is 0.0455 e. The predicted octanol–water partition coefficient (Wildman–Crippen LogP) is 4.09. The highest BCUT2D eigenvalue weighted by molar-refractivity contribution is 6.31. The van der Waals surface area contributed by atoms with Crippen molar-refractivity contribution in [1.82, 2.24) is 5.32 Å². The van der Waals surface area contributed by atoms with E-state index in [2.05, 4.69) is 54.5 Å². The molecule has 0 radical (unpaired) electrons. The molecule has 3 heteroatoms. The second-order valence-electron chi connectivity index (χ2n) is 4.86. The minimum atomic E-state index is 0.808. The Morgan fingerprint density at radius 3 is 2.35 bits per heavy atom. The van der Waals surface area contributed by atoms with Gasteiger partial charge in [-0.05, 0) is 29.8 Å². The van der Waals surface area contributed by atoms with Crippen LogP contribution < -0.4 is 10.2 Å². The normalized spacial score (nSPS) is 10.6. The van der Waals surface area contributed by atoms with Crippen LogP contribution in [0.2, 0.25) is 5.02 Å². The first-order valence-electron chi connectivity index (χ1n) is 6.95. The predicted molar refractivity (Wildman–Crippen MR) is 87.4 cm³/mol. The summed E-state index contributed by atoms with van der Waals surface area (Å²) in [6.07, 6.45) is 0. The molecule has 0 aliphatic rings. The molecule has 0 aliphatic heterocycles. The van der Waals surface area contributed by atoms with E-state index in [0.29, 0.717) is 0 Å². The second kappa shape index (κ2) is 7.32. The smallest absolute Gasteiger partial charge is 0.0455 e. The van der Waals surface area contributed by atoms with Crippen molar-refractivity contribution in [1.29, 1.82) is 0 Å². The summed E-state index contributed by atoms with van der Waals surface area (Å²) in [5.41, 5.74) is 3.70. The molecule has 0 bridgehead atoms. The molecule has 0 aliphatic carbocycles. The van der Waals surface area contributed by atoms with E-state index in [-0.39, 0.29) is 0 Å². The van der Waals surface area contributed by atoms with E-state index in [9.17, 15) is 0 Å². The average molecular weight is 289 g/mol. The number of hydrogen-bond acceptors (Lipinski definition) is 2. The van der Waals surface area contributed by atoms with E-state index in [1.807, 2.05) is 18.2 Å². The molecule has 106 valence electrons. The molecular weight excluding hydrogens is 268 g/mol. The Balaban J connectivity index is 2.16. The first-order chi connectivity index (χ1) is 9.72. The summed E-state index contributed by atoms with van der Waals surface area (Å²) in [7, 11) is 2.11. The average Bonchev–Trinajstić information content (AvgIpc) is 2.47. The molecule has 0 saturated heterocycles. The second-order valence-corrected chi connectivity index (χ2v) is 5.26. The molecule has 0 saturated carbocycles. The van der Waals surface area contributed by atoms with Crippen LogP contribution in [0.3, 0.4) is 0 Å². The number of halogens is 1. The van der Waals surface area contributed by atoms with Gasteiger partial charge in [0.1, 0.15) is 0 Å². The Morgan fingerprint density at radius 2 is 1.65 bits per heavy atom. The molecule has 0 fully saturated rings. The van der Waals surface area contributed by atoms with E-state index in [1.165, 1.54) is 11.3 Å². The van der Waals surface area contributed by atoms with Gasteiger partial charge in [0.2, 0.25) is 0 Å². The number of nitrogens with one attached hydrogen (secondary N) is 1. The Bertz CT molecular complexity index is 554. The lowest BCUT2D eigenvalue weighted by atomic mass is 10.1. The summed E-state index contributed by atoms with van der Waals surface area (Å²) in [5, 5.41) is 4.21. The highest BCUT2D eigenvalue weighted by atomic mass is 35.5. The Hall–Kier alpha value is -1.51. The van der Waals surface area contributed by atoms with Gasteiger partial charge in [0.15, 0.2) is 0 Å². The molecule has 20 heavy (non-hydrogen) atoms. The highest BCUT2D eigenvalue weighted by Crippen LogP contribution is 2.23. The summed E-state index contributed by atoms with van der Waals surface area (Å²) in [5.74, 6) is 0. The largest absolute Gasteiger partial charge is 0.370 e. The van der Waals surface area contributed by atoms with Crippen molar-refractivity contribution < 1.29 is 0 Å². The van der Waals surface area contributed by atoms with Crippen LogP contribution >= 0.6 is 11.6 Å². The molecule has 2 nitrogen and oxygen atoms in total. The van der Waals surface area contributed by atoms with E-state index < -0.39 is 0 Å². The van der Waals surface area contributed by atoms with Gasteiger partial charge in [0, 0.05) is 30.8 Å². The standard InChI is InChI=1S/C17H21ClN2/c1-3-19-12-14-8-5-7-11-17(14)20(2)13-15-9-4-6-10-16(15)18/h4-11,19H,3,12-13H2,1-2H3. The summed E-state index contributed by atoms with van der Waals surface area (Å²) in [6, 6.07) is 16.5. The van der Waals surface area contributed by atoms with Crippen molar-refractivity contribution in [2.24, 2.45) is 0 Å². The van der Waals surface area contributed by atoms with Gasteiger partial charge in [-0.1, -0.05) is 54.9 Å². The van der Waals surface area contributed by atoms with Gasteiger partial charge in [0.25, 0.3) is 0 Å². The molecule has 2 rings (SSSR count). The molecule has 1 N–H and O–H groups in total. The van der Waals surface area contributed by atoms with Crippen molar-refractivity contribution in [3.63, 3.8) is 0 Å². The number of para-hydroxylation sites is 1. The highest BCUT2D eigenvalue weighted by Gasteiger charge is 2.08. The SMILES string of the molecule is CCNCc1ccccc1N(C)Cc1ccccc1Cl. The van der Waals surface area contributed by atoms with Crippen molar-refractivity contribution >= 4 is 17.3 Å².